The summed E-state index contributed by atoms with van der Waals surface area (Å²) < 4.78 is 5.45. The van der Waals surface area contributed by atoms with Gasteiger partial charge in [0.1, 0.15) is 5.75 Å². The van der Waals surface area contributed by atoms with E-state index in [0.29, 0.717) is 5.92 Å². The summed E-state index contributed by atoms with van der Waals surface area (Å²) >= 11 is 0. The minimum Gasteiger partial charge on any atom is -0.496 e. The van der Waals surface area contributed by atoms with Crippen molar-refractivity contribution in [2.45, 2.75) is 45.4 Å². The van der Waals surface area contributed by atoms with E-state index >= 15 is 0 Å². The summed E-state index contributed by atoms with van der Waals surface area (Å²) in [6, 6.07) is 6.62. The number of ether oxygens (including phenoxy) is 1. The molecule has 102 valence electrons. The van der Waals surface area contributed by atoms with Gasteiger partial charge in [0.2, 0.25) is 0 Å². The van der Waals surface area contributed by atoms with Crippen molar-refractivity contribution in [3.63, 3.8) is 0 Å². The van der Waals surface area contributed by atoms with Crippen molar-refractivity contribution < 1.29 is 4.74 Å². The third kappa shape index (κ3) is 3.05. The molecule has 1 atom stereocenters. The number of methoxy groups -OCH3 is 1. The maximum atomic E-state index is 5.45. The van der Waals surface area contributed by atoms with Gasteiger partial charge in [-0.2, -0.15) is 0 Å². The molecular weight excluding hydrogens is 222 g/mol. The van der Waals surface area contributed by atoms with Crippen molar-refractivity contribution in [2.75, 3.05) is 20.7 Å². The third-order valence-corrected chi connectivity index (χ3v) is 3.90. The fourth-order valence-electron chi connectivity index (χ4n) is 2.38. The summed E-state index contributed by atoms with van der Waals surface area (Å²) in [6.45, 7) is 9.98. The lowest BCUT2D eigenvalue weighted by molar-refractivity contribution is 0.403. The average molecular weight is 249 g/mol. The van der Waals surface area contributed by atoms with Crippen LogP contribution in [0.25, 0.3) is 0 Å². The Morgan fingerprint density at radius 1 is 1.33 bits per heavy atom. The van der Waals surface area contributed by atoms with Gasteiger partial charge >= 0.3 is 0 Å². The van der Waals surface area contributed by atoms with Gasteiger partial charge in [0, 0.05) is 12.0 Å². The smallest absolute Gasteiger partial charge is 0.122 e. The molecule has 0 heterocycles. The van der Waals surface area contributed by atoms with Crippen molar-refractivity contribution >= 4 is 0 Å². The summed E-state index contributed by atoms with van der Waals surface area (Å²) in [7, 11) is 3.76. The number of benzene rings is 1. The van der Waals surface area contributed by atoms with Crippen LogP contribution in [0.2, 0.25) is 0 Å². The molecule has 1 unspecified atom stereocenters. The summed E-state index contributed by atoms with van der Waals surface area (Å²) in [5, 5.41) is 3.30. The number of hydrogen-bond acceptors (Lipinski definition) is 2. The molecule has 1 rings (SSSR count). The number of likely N-dealkylation sites (N-methyl/N-ethyl adjacent to an activating group) is 1. The second-order valence-electron chi connectivity index (χ2n) is 5.56. The summed E-state index contributed by atoms with van der Waals surface area (Å²) in [5.41, 5.74) is 2.87. The van der Waals surface area contributed by atoms with Gasteiger partial charge in [-0.1, -0.05) is 39.8 Å². The van der Waals surface area contributed by atoms with E-state index in [0.717, 1.165) is 18.7 Å². The maximum absolute atomic E-state index is 5.45. The molecule has 0 aromatic heterocycles. The molecule has 1 aromatic carbocycles. The summed E-state index contributed by atoms with van der Waals surface area (Å²) in [6.07, 6.45) is 1.12. The molecule has 0 saturated heterocycles. The first kappa shape index (κ1) is 15.0. The SMILES string of the molecule is CCC(C)(CNC)c1ccc(OC)c(C(C)C)c1. The van der Waals surface area contributed by atoms with Crippen LogP contribution in [0.4, 0.5) is 0 Å². The molecule has 0 spiro atoms. The fourth-order valence-corrected chi connectivity index (χ4v) is 2.38. The minimum atomic E-state index is 0.185. The van der Waals surface area contributed by atoms with Crippen molar-refractivity contribution in [1.82, 2.24) is 5.32 Å². The predicted octanol–water partition coefficient (Wildman–Crippen LogP) is 3.71. The van der Waals surface area contributed by atoms with Crippen molar-refractivity contribution in [3.8, 4) is 5.75 Å². The van der Waals surface area contributed by atoms with E-state index in [1.165, 1.54) is 11.1 Å². The number of nitrogens with one attached hydrogen (secondary N) is 1. The zero-order valence-corrected chi connectivity index (χ0v) is 12.6. The van der Waals surface area contributed by atoms with Crippen LogP contribution in [0.5, 0.6) is 5.75 Å². The standard InChI is InChI=1S/C16H27NO/c1-7-16(4,11-17-5)13-8-9-15(18-6)14(10-13)12(2)3/h8-10,12,17H,7,11H2,1-6H3. The minimum absolute atomic E-state index is 0.185. The van der Waals surface area contributed by atoms with Gasteiger partial charge in [0.25, 0.3) is 0 Å². The first-order chi connectivity index (χ1) is 8.48. The Bertz CT molecular complexity index is 387. The van der Waals surface area contributed by atoms with Gasteiger partial charge in [0.05, 0.1) is 7.11 Å². The lowest BCUT2D eigenvalue weighted by Crippen LogP contribution is -2.33. The van der Waals surface area contributed by atoms with Crippen LogP contribution < -0.4 is 10.1 Å². The van der Waals surface area contributed by atoms with Gasteiger partial charge in [-0.05, 0) is 36.6 Å². The molecule has 1 aromatic rings. The topological polar surface area (TPSA) is 21.3 Å². The van der Waals surface area contributed by atoms with E-state index in [1.807, 2.05) is 7.05 Å². The highest BCUT2D eigenvalue weighted by atomic mass is 16.5. The molecule has 0 amide bonds. The van der Waals surface area contributed by atoms with Crippen molar-refractivity contribution in [3.05, 3.63) is 29.3 Å². The second-order valence-corrected chi connectivity index (χ2v) is 5.56. The van der Waals surface area contributed by atoms with Crippen LogP contribution >= 0.6 is 0 Å². The van der Waals surface area contributed by atoms with Gasteiger partial charge in [-0.25, -0.2) is 0 Å². The molecule has 0 aliphatic carbocycles. The normalized spacial score (nSPS) is 14.6. The molecule has 2 nitrogen and oxygen atoms in total. The van der Waals surface area contributed by atoms with E-state index in [4.69, 9.17) is 4.74 Å². The Labute approximate surface area is 112 Å². The molecular formula is C16H27NO. The van der Waals surface area contributed by atoms with Gasteiger partial charge in [-0.15, -0.1) is 0 Å². The van der Waals surface area contributed by atoms with Crippen LogP contribution in [0.15, 0.2) is 18.2 Å². The molecule has 0 fully saturated rings. The molecule has 0 saturated carbocycles. The Balaban J connectivity index is 3.21. The van der Waals surface area contributed by atoms with Crippen LogP contribution in [0.1, 0.15) is 51.2 Å². The Kier molecular flexibility index (Phi) is 5.21. The molecule has 0 aliphatic rings. The highest BCUT2D eigenvalue weighted by molar-refractivity contribution is 5.42. The first-order valence-electron chi connectivity index (χ1n) is 6.81. The van der Waals surface area contributed by atoms with Crippen LogP contribution in [0.3, 0.4) is 0 Å². The van der Waals surface area contributed by atoms with E-state index in [1.54, 1.807) is 7.11 Å². The molecule has 0 aliphatic heterocycles. The number of rotatable bonds is 6. The van der Waals surface area contributed by atoms with Crippen molar-refractivity contribution in [1.29, 1.82) is 0 Å². The van der Waals surface area contributed by atoms with Gasteiger partial charge in [0.15, 0.2) is 0 Å². The molecule has 0 bridgehead atoms. The van der Waals surface area contributed by atoms with Crippen LogP contribution in [0, 0.1) is 0 Å². The largest absolute Gasteiger partial charge is 0.496 e. The Morgan fingerprint density at radius 3 is 2.44 bits per heavy atom. The quantitative estimate of drug-likeness (QED) is 0.830. The number of hydrogen-bond donors (Lipinski definition) is 1. The molecule has 2 heteroatoms. The van der Waals surface area contributed by atoms with E-state index < -0.39 is 0 Å². The summed E-state index contributed by atoms with van der Waals surface area (Å²) in [4.78, 5) is 0. The predicted molar refractivity (Wildman–Crippen MR) is 78.7 cm³/mol. The van der Waals surface area contributed by atoms with E-state index in [9.17, 15) is 0 Å². The lowest BCUT2D eigenvalue weighted by Gasteiger charge is -2.30. The van der Waals surface area contributed by atoms with E-state index in [-0.39, 0.29) is 5.41 Å². The van der Waals surface area contributed by atoms with Gasteiger partial charge < -0.3 is 10.1 Å². The first-order valence-corrected chi connectivity index (χ1v) is 6.81. The highest BCUT2D eigenvalue weighted by Gasteiger charge is 2.25. The molecule has 18 heavy (non-hydrogen) atoms. The average Bonchev–Trinajstić information content (AvgIpc) is 2.38. The Hall–Kier alpha value is -1.02. The fraction of sp³-hybridized carbons (Fsp3) is 0.625. The third-order valence-electron chi connectivity index (χ3n) is 3.90. The molecule has 0 radical (unpaired) electrons. The maximum Gasteiger partial charge on any atom is 0.122 e. The lowest BCUT2D eigenvalue weighted by atomic mass is 9.78. The summed E-state index contributed by atoms with van der Waals surface area (Å²) in [5.74, 6) is 1.48. The second kappa shape index (κ2) is 6.24. The van der Waals surface area contributed by atoms with E-state index in [2.05, 4.69) is 51.2 Å². The monoisotopic (exact) mass is 249 g/mol. The molecule has 1 N–H and O–H groups in total. The highest BCUT2D eigenvalue weighted by Crippen LogP contribution is 2.33. The zero-order valence-electron chi connectivity index (χ0n) is 12.6. The van der Waals surface area contributed by atoms with Crippen LogP contribution in [-0.2, 0) is 5.41 Å². The Morgan fingerprint density at radius 2 is 2.00 bits per heavy atom. The zero-order chi connectivity index (χ0) is 13.8. The van der Waals surface area contributed by atoms with Crippen LogP contribution in [-0.4, -0.2) is 20.7 Å². The van der Waals surface area contributed by atoms with Crippen molar-refractivity contribution in [2.24, 2.45) is 0 Å². The van der Waals surface area contributed by atoms with Gasteiger partial charge in [-0.3, -0.25) is 0 Å².